The Bertz CT molecular complexity index is 1320. The molecule has 1 aliphatic rings. The molecule has 3 aromatic rings. The Labute approximate surface area is 270 Å². The molecule has 1 unspecified atom stereocenters. The molecule has 0 amide bonds. The van der Waals surface area contributed by atoms with Gasteiger partial charge in [-0.2, -0.15) is 0 Å². The highest BCUT2D eigenvalue weighted by atomic mass is 79.9. The number of rotatable bonds is 12. The Morgan fingerprint density at radius 3 is 1.72 bits per heavy atom. The van der Waals surface area contributed by atoms with Crippen molar-refractivity contribution in [3.63, 3.8) is 0 Å². The number of hydrogen-bond acceptors (Lipinski definition) is 4. The van der Waals surface area contributed by atoms with Crippen LogP contribution in [0.1, 0.15) is 74.0 Å². The number of halogens is 1. The minimum atomic E-state index is -2.77. The van der Waals surface area contributed by atoms with Crippen molar-refractivity contribution in [2.24, 2.45) is 0 Å². The quantitative estimate of drug-likeness (QED) is 0.141. The molecule has 43 heavy (non-hydrogen) atoms. The fourth-order valence-corrected chi connectivity index (χ4v) is 17.8. The zero-order valence-electron chi connectivity index (χ0n) is 27.4. The Morgan fingerprint density at radius 2 is 1.28 bits per heavy atom. The van der Waals surface area contributed by atoms with Gasteiger partial charge in [0, 0.05) is 10.0 Å². The maximum Gasteiger partial charge on any atom is 0.261 e. The molecule has 7 heteroatoms. The van der Waals surface area contributed by atoms with Crippen molar-refractivity contribution in [1.82, 2.24) is 0 Å². The standard InChI is InChI=1S/C36H49BrO4Si2/c1-25(2)42(26(3)4,27(5)6)41-35(31-21-33-34(22-32(31)37)39-24-38-33)28(7)23-40-43(36(8,9)10,29-17-13-11-14-18-29)30-19-15-12-16-20-30/h11-22,25-27,35H,7,23-24H2,1-6,8-10H3. The van der Waals surface area contributed by atoms with E-state index in [4.69, 9.17) is 24.9 Å². The molecule has 3 aromatic carbocycles. The highest BCUT2D eigenvalue weighted by molar-refractivity contribution is 9.10. The Morgan fingerprint density at radius 1 is 0.814 bits per heavy atom. The minimum absolute atomic E-state index is 0.141. The van der Waals surface area contributed by atoms with Gasteiger partial charge in [0.2, 0.25) is 15.1 Å². The first-order valence-electron chi connectivity index (χ1n) is 15.4. The molecule has 0 spiro atoms. The van der Waals surface area contributed by atoms with E-state index < -0.39 is 16.6 Å². The van der Waals surface area contributed by atoms with E-state index in [9.17, 15) is 0 Å². The molecule has 4 rings (SSSR count). The largest absolute Gasteiger partial charge is 0.454 e. The van der Waals surface area contributed by atoms with E-state index in [-0.39, 0.29) is 17.9 Å². The van der Waals surface area contributed by atoms with Crippen molar-refractivity contribution in [2.45, 2.75) is 90.1 Å². The van der Waals surface area contributed by atoms with Gasteiger partial charge in [0.25, 0.3) is 8.32 Å². The summed E-state index contributed by atoms with van der Waals surface area (Å²) in [6.45, 7) is 26.1. The first-order valence-corrected chi connectivity index (χ1v) is 20.3. The predicted molar refractivity (Wildman–Crippen MR) is 188 cm³/mol. The van der Waals surface area contributed by atoms with Gasteiger partial charge >= 0.3 is 0 Å². The van der Waals surface area contributed by atoms with E-state index in [1.54, 1.807) is 0 Å². The molecular formula is C36H49BrO4Si2. The monoisotopic (exact) mass is 680 g/mol. The van der Waals surface area contributed by atoms with Gasteiger partial charge in [-0.05, 0) is 49.7 Å². The van der Waals surface area contributed by atoms with Gasteiger partial charge in [-0.3, -0.25) is 0 Å². The van der Waals surface area contributed by atoms with Crippen LogP contribution in [0.5, 0.6) is 11.5 Å². The van der Waals surface area contributed by atoms with Crippen LogP contribution in [0.4, 0.5) is 0 Å². The van der Waals surface area contributed by atoms with Crippen LogP contribution in [0.2, 0.25) is 21.7 Å². The third-order valence-electron chi connectivity index (χ3n) is 9.07. The molecule has 0 aromatic heterocycles. The summed E-state index contributed by atoms with van der Waals surface area (Å²) in [7, 11) is -5.10. The van der Waals surface area contributed by atoms with Gasteiger partial charge in [0.05, 0.1) is 12.7 Å². The van der Waals surface area contributed by atoms with E-state index in [1.165, 1.54) is 10.4 Å². The van der Waals surface area contributed by atoms with Crippen LogP contribution >= 0.6 is 15.9 Å². The number of benzene rings is 3. The van der Waals surface area contributed by atoms with E-state index in [1.807, 2.05) is 6.07 Å². The minimum Gasteiger partial charge on any atom is -0.454 e. The molecule has 0 N–H and O–H groups in total. The van der Waals surface area contributed by atoms with Crippen LogP contribution in [-0.2, 0) is 8.85 Å². The second-order valence-electron chi connectivity index (χ2n) is 13.7. The lowest BCUT2D eigenvalue weighted by Gasteiger charge is -2.46. The summed E-state index contributed by atoms with van der Waals surface area (Å²) < 4.78 is 27.3. The topological polar surface area (TPSA) is 36.9 Å². The lowest BCUT2D eigenvalue weighted by molar-refractivity contribution is 0.173. The first-order chi connectivity index (χ1) is 20.3. The van der Waals surface area contributed by atoms with E-state index >= 15 is 0 Å². The van der Waals surface area contributed by atoms with Crippen LogP contribution in [0.25, 0.3) is 0 Å². The third-order valence-corrected chi connectivity index (χ3v) is 20.8. The molecule has 0 saturated heterocycles. The van der Waals surface area contributed by atoms with Crippen molar-refractivity contribution in [2.75, 3.05) is 13.4 Å². The van der Waals surface area contributed by atoms with E-state index in [2.05, 4.69) is 145 Å². The molecule has 1 heterocycles. The number of hydrogen-bond donors (Lipinski definition) is 0. The second kappa shape index (κ2) is 13.4. The third kappa shape index (κ3) is 6.48. The first kappa shape index (κ1) is 33.7. The van der Waals surface area contributed by atoms with E-state index in [0.29, 0.717) is 23.2 Å². The van der Waals surface area contributed by atoms with Gasteiger partial charge in [-0.25, -0.2) is 0 Å². The highest BCUT2D eigenvalue weighted by Crippen LogP contribution is 2.49. The van der Waals surface area contributed by atoms with Crippen LogP contribution in [-0.4, -0.2) is 30.0 Å². The van der Waals surface area contributed by atoms with Gasteiger partial charge in [0.15, 0.2) is 11.5 Å². The zero-order valence-corrected chi connectivity index (χ0v) is 31.0. The summed E-state index contributed by atoms with van der Waals surface area (Å²) in [5, 5.41) is 2.36. The van der Waals surface area contributed by atoms with Crippen molar-refractivity contribution in [3.05, 3.63) is 95.0 Å². The molecule has 1 atom stereocenters. The lowest BCUT2D eigenvalue weighted by atomic mass is 10.0. The van der Waals surface area contributed by atoms with Crippen LogP contribution < -0.4 is 19.8 Å². The van der Waals surface area contributed by atoms with Crippen LogP contribution in [0.15, 0.2) is 89.4 Å². The molecule has 0 aliphatic carbocycles. The molecule has 0 radical (unpaired) electrons. The normalized spacial score (nSPS) is 14.5. The molecular weight excluding hydrogens is 632 g/mol. The van der Waals surface area contributed by atoms with Crippen molar-refractivity contribution in [3.8, 4) is 11.5 Å². The molecule has 232 valence electrons. The summed E-state index contributed by atoms with van der Waals surface area (Å²) in [6, 6.07) is 25.6. The summed E-state index contributed by atoms with van der Waals surface area (Å²) in [5.41, 5.74) is 3.14. The highest BCUT2D eigenvalue weighted by Gasteiger charge is 2.51. The summed E-state index contributed by atoms with van der Waals surface area (Å²) in [6.07, 6.45) is -0.374. The van der Waals surface area contributed by atoms with Gasteiger partial charge in [0.1, 0.15) is 0 Å². The Kier molecular flexibility index (Phi) is 10.5. The van der Waals surface area contributed by atoms with Crippen LogP contribution in [0.3, 0.4) is 0 Å². The lowest BCUT2D eigenvalue weighted by Crippen LogP contribution is -2.66. The average Bonchev–Trinajstić information content (AvgIpc) is 3.40. The molecule has 0 fully saturated rings. The fraction of sp³-hybridized carbons (Fsp3) is 0.444. The number of fused-ring (bicyclic) bond motifs is 1. The van der Waals surface area contributed by atoms with Crippen molar-refractivity contribution < 1.29 is 18.3 Å². The van der Waals surface area contributed by atoms with Crippen molar-refractivity contribution >= 4 is 42.9 Å². The maximum atomic E-state index is 7.52. The maximum absolute atomic E-state index is 7.52. The fourth-order valence-electron chi connectivity index (χ4n) is 7.15. The second-order valence-corrected chi connectivity index (χ2v) is 24.2. The van der Waals surface area contributed by atoms with Crippen LogP contribution in [0, 0.1) is 0 Å². The number of ether oxygens (including phenoxy) is 2. The average molecular weight is 682 g/mol. The van der Waals surface area contributed by atoms with Gasteiger partial charge in [-0.15, -0.1) is 0 Å². The smallest absolute Gasteiger partial charge is 0.261 e. The molecule has 0 saturated carbocycles. The van der Waals surface area contributed by atoms with E-state index in [0.717, 1.165) is 27.1 Å². The zero-order chi connectivity index (χ0) is 31.6. The van der Waals surface area contributed by atoms with Crippen molar-refractivity contribution in [1.29, 1.82) is 0 Å². The molecule has 1 aliphatic heterocycles. The summed E-state index contributed by atoms with van der Waals surface area (Å²) >= 11 is 3.86. The molecule has 4 nitrogen and oxygen atoms in total. The summed E-state index contributed by atoms with van der Waals surface area (Å²) in [5.74, 6) is 1.47. The Hall–Kier alpha value is -2.17. The predicted octanol–water partition coefficient (Wildman–Crippen LogP) is 9.54. The van der Waals surface area contributed by atoms with Gasteiger partial charge < -0.3 is 18.3 Å². The Balaban J connectivity index is 1.83. The molecule has 0 bridgehead atoms. The van der Waals surface area contributed by atoms with Gasteiger partial charge in [-0.1, -0.05) is 145 Å². The summed E-state index contributed by atoms with van der Waals surface area (Å²) in [4.78, 5) is 0. The SMILES string of the molecule is C=C(CO[Si](c1ccccc1)(c1ccccc1)C(C)(C)C)C(O[Si](C(C)C)(C(C)C)C(C)C)c1cc2c(cc1Br)OCO2.